The Balaban J connectivity index is 2.18. The molecule has 0 spiro atoms. The Morgan fingerprint density at radius 1 is 1.10 bits per heavy atom. The number of fused-ring (bicyclic) bond motifs is 1. The van der Waals surface area contributed by atoms with Crippen molar-refractivity contribution in [2.75, 3.05) is 6.54 Å². The van der Waals surface area contributed by atoms with Crippen LogP contribution < -0.4 is 5.32 Å². The first kappa shape index (κ1) is 15.0. The minimum atomic E-state index is 0.172. The van der Waals surface area contributed by atoms with E-state index in [4.69, 9.17) is 11.6 Å². The third-order valence-corrected chi connectivity index (χ3v) is 5.49. The van der Waals surface area contributed by atoms with Gasteiger partial charge in [-0.3, -0.25) is 0 Å². The van der Waals surface area contributed by atoms with Gasteiger partial charge in [-0.1, -0.05) is 64.8 Å². The lowest BCUT2D eigenvalue weighted by molar-refractivity contribution is 0.643. The van der Waals surface area contributed by atoms with Gasteiger partial charge in [0.05, 0.1) is 10.4 Å². The molecule has 0 radical (unpaired) electrons. The van der Waals surface area contributed by atoms with Crippen LogP contribution >= 0.6 is 38.9 Å². The summed E-state index contributed by atoms with van der Waals surface area (Å²) in [6.45, 7) is 3.04. The number of hydrogen-bond donors (Lipinski definition) is 1. The first-order chi connectivity index (χ1) is 10.2. The Hall–Kier alpha value is -0.870. The van der Waals surface area contributed by atoms with Crippen molar-refractivity contribution in [1.29, 1.82) is 0 Å². The lowest BCUT2D eigenvalue weighted by Crippen LogP contribution is -2.21. The van der Waals surface area contributed by atoms with Gasteiger partial charge in [-0.05, 0) is 41.1 Å². The Labute approximate surface area is 142 Å². The summed E-state index contributed by atoms with van der Waals surface area (Å²) in [7, 11) is 0. The van der Waals surface area contributed by atoms with E-state index in [1.165, 1.54) is 21.2 Å². The van der Waals surface area contributed by atoms with E-state index in [2.05, 4.69) is 70.6 Å². The molecule has 1 heterocycles. The molecule has 1 unspecified atom stereocenters. The smallest absolute Gasteiger partial charge is 0.0931 e. The second-order valence-corrected chi connectivity index (χ2v) is 7.42. The second-order valence-electron chi connectivity index (χ2n) is 4.81. The molecular weight excluding hydrogens is 366 g/mol. The maximum atomic E-state index is 6.12. The van der Waals surface area contributed by atoms with Crippen molar-refractivity contribution in [3.8, 4) is 0 Å². The molecule has 0 amide bonds. The number of hydrogen-bond acceptors (Lipinski definition) is 2. The fraction of sp³-hybridized carbons (Fsp3) is 0.176. The monoisotopic (exact) mass is 379 g/mol. The first-order valence-corrected chi connectivity index (χ1v) is 8.85. The number of thiophene rings is 1. The average molecular weight is 381 g/mol. The largest absolute Gasteiger partial charge is 0.306 e. The SMILES string of the molecule is CCNC(c1ccc(Cl)s1)c1ccc(Br)c2ccccc12. The predicted octanol–water partition coefficient (Wildman–Crippen LogP) is 6.02. The second kappa shape index (κ2) is 6.49. The van der Waals surface area contributed by atoms with Crippen LogP contribution in [0, 0.1) is 0 Å². The van der Waals surface area contributed by atoms with Crippen molar-refractivity contribution in [2.45, 2.75) is 13.0 Å². The van der Waals surface area contributed by atoms with Gasteiger partial charge in [-0.25, -0.2) is 0 Å². The highest BCUT2D eigenvalue weighted by atomic mass is 79.9. The number of benzene rings is 2. The number of halogens is 2. The van der Waals surface area contributed by atoms with Crippen LogP contribution in [-0.4, -0.2) is 6.54 Å². The van der Waals surface area contributed by atoms with E-state index in [1.807, 2.05) is 6.07 Å². The lowest BCUT2D eigenvalue weighted by atomic mass is 9.97. The van der Waals surface area contributed by atoms with E-state index in [0.29, 0.717) is 0 Å². The maximum Gasteiger partial charge on any atom is 0.0931 e. The first-order valence-electron chi connectivity index (χ1n) is 6.86. The van der Waals surface area contributed by atoms with Crippen LogP contribution in [0.15, 0.2) is 53.0 Å². The molecule has 1 nitrogen and oxygen atoms in total. The van der Waals surface area contributed by atoms with Gasteiger partial charge >= 0.3 is 0 Å². The predicted molar refractivity (Wildman–Crippen MR) is 96.5 cm³/mol. The Morgan fingerprint density at radius 3 is 2.52 bits per heavy atom. The highest BCUT2D eigenvalue weighted by Crippen LogP contribution is 2.36. The van der Waals surface area contributed by atoms with Crippen molar-refractivity contribution in [1.82, 2.24) is 5.32 Å². The van der Waals surface area contributed by atoms with Crippen LogP contribution in [0.5, 0.6) is 0 Å². The van der Waals surface area contributed by atoms with Crippen LogP contribution in [0.25, 0.3) is 10.8 Å². The Morgan fingerprint density at radius 2 is 1.86 bits per heavy atom. The van der Waals surface area contributed by atoms with E-state index >= 15 is 0 Å². The third kappa shape index (κ3) is 3.02. The van der Waals surface area contributed by atoms with Gasteiger partial charge in [0, 0.05) is 9.35 Å². The molecule has 1 aromatic heterocycles. The summed E-state index contributed by atoms with van der Waals surface area (Å²) in [6.07, 6.45) is 0. The third-order valence-electron chi connectivity index (χ3n) is 3.50. The van der Waals surface area contributed by atoms with E-state index in [0.717, 1.165) is 15.4 Å². The van der Waals surface area contributed by atoms with Gasteiger partial charge in [0.1, 0.15) is 0 Å². The summed E-state index contributed by atoms with van der Waals surface area (Å²) in [5.41, 5.74) is 1.29. The Kier molecular flexibility index (Phi) is 4.65. The van der Waals surface area contributed by atoms with Crippen LogP contribution in [0.3, 0.4) is 0 Å². The van der Waals surface area contributed by atoms with Gasteiger partial charge < -0.3 is 5.32 Å². The molecule has 0 fully saturated rings. The zero-order chi connectivity index (χ0) is 14.8. The molecule has 3 rings (SSSR count). The van der Waals surface area contributed by atoms with Crippen molar-refractivity contribution in [3.05, 3.63) is 67.8 Å². The molecule has 0 saturated carbocycles. The zero-order valence-electron chi connectivity index (χ0n) is 11.6. The Bertz CT molecular complexity index is 768. The van der Waals surface area contributed by atoms with E-state index in [9.17, 15) is 0 Å². The molecule has 1 atom stereocenters. The van der Waals surface area contributed by atoms with Gasteiger partial charge in [0.25, 0.3) is 0 Å². The molecule has 3 aromatic rings. The van der Waals surface area contributed by atoms with E-state index < -0.39 is 0 Å². The van der Waals surface area contributed by atoms with E-state index in [-0.39, 0.29) is 6.04 Å². The molecule has 0 aliphatic carbocycles. The summed E-state index contributed by atoms with van der Waals surface area (Å²) in [5.74, 6) is 0. The fourth-order valence-electron chi connectivity index (χ4n) is 2.59. The number of nitrogens with one attached hydrogen (secondary N) is 1. The summed E-state index contributed by atoms with van der Waals surface area (Å²) >= 11 is 11.4. The van der Waals surface area contributed by atoms with Crippen molar-refractivity contribution in [2.24, 2.45) is 0 Å². The zero-order valence-corrected chi connectivity index (χ0v) is 14.7. The normalized spacial score (nSPS) is 12.7. The van der Waals surface area contributed by atoms with E-state index in [1.54, 1.807) is 11.3 Å². The molecule has 108 valence electrons. The molecular formula is C17H15BrClNS. The highest BCUT2D eigenvalue weighted by Gasteiger charge is 2.18. The minimum Gasteiger partial charge on any atom is -0.306 e. The van der Waals surface area contributed by atoms with Gasteiger partial charge in [0.2, 0.25) is 0 Å². The maximum absolute atomic E-state index is 6.12. The summed E-state index contributed by atoms with van der Waals surface area (Å²) in [6, 6.07) is 17.0. The van der Waals surface area contributed by atoms with Crippen LogP contribution in [0.1, 0.15) is 23.4 Å². The van der Waals surface area contributed by atoms with Crippen LogP contribution in [0.2, 0.25) is 4.34 Å². The molecule has 0 aliphatic rings. The van der Waals surface area contributed by atoms with Crippen LogP contribution in [0.4, 0.5) is 0 Å². The average Bonchev–Trinajstić information content (AvgIpc) is 2.92. The molecule has 21 heavy (non-hydrogen) atoms. The van der Waals surface area contributed by atoms with Crippen LogP contribution in [-0.2, 0) is 0 Å². The van der Waals surface area contributed by atoms with Crippen molar-refractivity contribution in [3.63, 3.8) is 0 Å². The van der Waals surface area contributed by atoms with Gasteiger partial charge in [0.15, 0.2) is 0 Å². The van der Waals surface area contributed by atoms with Gasteiger partial charge in [-0.2, -0.15) is 0 Å². The number of rotatable bonds is 4. The molecule has 4 heteroatoms. The minimum absolute atomic E-state index is 0.172. The van der Waals surface area contributed by atoms with Crippen molar-refractivity contribution < 1.29 is 0 Å². The van der Waals surface area contributed by atoms with Gasteiger partial charge in [-0.15, -0.1) is 11.3 Å². The van der Waals surface area contributed by atoms with Crippen molar-refractivity contribution >= 4 is 49.6 Å². The molecule has 1 N–H and O–H groups in total. The molecule has 0 bridgehead atoms. The quantitative estimate of drug-likeness (QED) is 0.584. The molecule has 2 aromatic carbocycles. The fourth-order valence-corrected chi connectivity index (χ4v) is 4.22. The lowest BCUT2D eigenvalue weighted by Gasteiger charge is -2.19. The highest BCUT2D eigenvalue weighted by molar-refractivity contribution is 9.10. The molecule has 0 aliphatic heterocycles. The molecule has 0 saturated heterocycles. The topological polar surface area (TPSA) is 12.0 Å². The standard InChI is InChI=1S/C17H15BrClNS/c1-2-20-17(15-9-10-16(19)21-15)13-7-8-14(18)12-6-4-3-5-11(12)13/h3-10,17,20H,2H2,1H3. The summed E-state index contributed by atoms with van der Waals surface area (Å²) in [5, 5.41) is 6.08. The summed E-state index contributed by atoms with van der Waals surface area (Å²) < 4.78 is 1.95. The summed E-state index contributed by atoms with van der Waals surface area (Å²) in [4.78, 5) is 1.24.